The van der Waals surface area contributed by atoms with Crippen LogP contribution in [0.15, 0.2) is 52.9 Å². The summed E-state index contributed by atoms with van der Waals surface area (Å²) in [6.07, 6.45) is 1.31. The molecule has 132 valence electrons. The van der Waals surface area contributed by atoms with Crippen molar-refractivity contribution in [2.24, 2.45) is 0 Å². The first-order valence-electron chi connectivity index (χ1n) is 8.62. The van der Waals surface area contributed by atoms with Crippen LogP contribution in [-0.2, 0) is 9.53 Å². The first kappa shape index (κ1) is 16.5. The van der Waals surface area contributed by atoms with Gasteiger partial charge in [0, 0.05) is 23.4 Å². The third-order valence-corrected chi connectivity index (χ3v) is 4.32. The maximum absolute atomic E-state index is 12.2. The molecule has 1 aliphatic rings. The summed E-state index contributed by atoms with van der Waals surface area (Å²) in [5, 5.41) is 11.1. The van der Waals surface area contributed by atoms with Crippen molar-refractivity contribution >= 4 is 11.6 Å². The van der Waals surface area contributed by atoms with E-state index in [1.54, 1.807) is 0 Å². The Balaban J connectivity index is 1.53. The zero-order valence-corrected chi connectivity index (χ0v) is 14.4. The zero-order chi connectivity index (χ0) is 17.9. The number of nitrogens with one attached hydrogen (secondary N) is 1. The third-order valence-electron chi connectivity index (χ3n) is 4.32. The summed E-state index contributed by atoms with van der Waals surface area (Å²) in [6.45, 7) is 2.67. The molecule has 0 bridgehead atoms. The van der Waals surface area contributed by atoms with E-state index in [0.29, 0.717) is 24.1 Å². The summed E-state index contributed by atoms with van der Waals surface area (Å²) in [4.78, 5) is 12.2. The van der Waals surface area contributed by atoms with Crippen molar-refractivity contribution < 1.29 is 13.9 Å². The summed E-state index contributed by atoms with van der Waals surface area (Å²) in [7, 11) is 0. The minimum absolute atomic E-state index is 0.120. The first-order chi connectivity index (χ1) is 12.7. The van der Waals surface area contributed by atoms with Crippen molar-refractivity contribution in [3.63, 3.8) is 0 Å². The van der Waals surface area contributed by atoms with Gasteiger partial charge in [0.15, 0.2) is 0 Å². The van der Waals surface area contributed by atoms with E-state index in [1.807, 2.05) is 55.5 Å². The Morgan fingerprint density at radius 3 is 2.58 bits per heavy atom. The van der Waals surface area contributed by atoms with Crippen molar-refractivity contribution in [1.29, 1.82) is 0 Å². The maximum Gasteiger partial charge on any atom is 0.253 e. The Morgan fingerprint density at radius 1 is 1.08 bits per heavy atom. The van der Waals surface area contributed by atoms with Gasteiger partial charge in [-0.15, -0.1) is 10.2 Å². The number of benzene rings is 2. The van der Waals surface area contributed by atoms with Crippen molar-refractivity contribution in [3.8, 4) is 22.9 Å². The highest BCUT2D eigenvalue weighted by atomic mass is 16.5. The number of ether oxygens (including phenoxy) is 1. The molecule has 1 fully saturated rings. The molecule has 3 aromatic rings. The largest absolute Gasteiger partial charge is 0.416 e. The van der Waals surface area contributed by atoms with Gasteiger partial charge in [-0.3, -0.25) is 4.79 Å². The van der Waals surface area contributed by atoms with Gasteiger partial charge in [0.2, 0.25) is 11.8 Å². The molecule has 0 unspecified atom stereocenters. The SMILES string of the molecule is Cc1ccc(-c2nnc(-c3cccc(NC(=O)[C@@H]4CCCO4)c3)o2)cc1. The lowest BCUT2D eigenvalue weighted by Gasteiger charge is -2.10. The van der Waals surface area contributed by atoms with Crippen LogP contribution >= 0.6 is 0 Å². The van der Waals surface area contributed by atoms with Crippen LogP contribution in [0.4, 0.5) is 5.69 Å². The summed E-state index contributed by atoms with van der Waals surface area (Å²) < 4.78 is 11.2. The molecule has 0 radical (unpaired) electrons. The van der Waals surface area contributed by atoms with Crippen molar-refractivity contribution in [3.05, 3.63) is 54.1 Å². The molecule has 4 rings (SSSR count). The van der Waals surface area contributed by atoms with Gasteiger partial charge in [0.25, 0.3) is 5.91 Å². The van der Waals surface area contributed by atoms with E-state index in [-0.39, 0.29) is 12.0 Å². The number of amides is 1. The number of carbonyl (C=O) groups excluding carboxylic acids is 1. The van der Waals surface area contributed by atoms with Gasteiger partial charge in [-0.2, -0.15) is 0 Å². The number of nitrogens with zero attached hydrogens (tertiary/aromatic N) is 2. The third kappa shape index (κ3) is 3.50. The molecule has 0 spiro atoms. The number of carbonyl (C=O) groups is 1. The fraction of sp³-hybridized carbons (Fsp3) is 0.250. The van der Waals surface area contributed by atoms with Gasteiger partial charge in [0.05, 0.1) is 0 Å². The van der Waals surface area contributed by atoms with E-state index in [2.05, 4.69) is 15.5 Å². The van der Waals surface area contributed by atoms with Gasteiger partial charge in [-0.05, 0) is 50.1 Å². The Hall–Kier alpha value is -2.99. The standard InChI is InChI=1S/C20H19N3O3/c1-13-7-9-14(10-8-13)19-22-23-20(26-19)15-4-2-5-16(12-15)21-18(24)17-6-3-11-25-17/h2,4-5,7-10,12,17H,3,6,11H2,1H3,(H,21,24)/t17-/m0/s1. The number of anilines is 1. The van der Waals surface area contributed by atoms with E-state index in [4.69, 9.17) is 9.15 Å². The second kappa shape index (κ2) is 7.09. The Bertz CT molecular complexity index is 912. The normalized spacial score (nSPS) is 16.6. The Kier molecular flexibility index (Phi) is 4.50. The predicted molar refractivity (Wildman–Crippen MR) is 97.5 cm³/mol. The van der Waals surface area contributed by atoms with E-state index < -0.39 is 0 Å². The Labute approximate surface area is 151 Å². The minimum atomic E-state index is -0.366. The first-order valence-corrected chi connectivity index (χ1v) is 8.62. The summed E-state index contributed by atoms with van der Waals surface area (Å²) in [5.41, 5.74) is 3.47. The summed E-state index contributed by atoms with van der Waals surface area (Å²) in [5.74, 6) is 0.758. The molecule has 1 aromatic heterocycles. The summed E-state index contributed by atoms with van der Waals surface area (Å²) in [6, 6.07) is 15.3. The van der Waals surface area contributed by atoms with Crippen LogP contribution < -0.4 is 5.32 Å². The van der Waals surface area contributed by atoms with Gasteiger partial charge >= 0.3 is 0 Å². The zero-order valence-electron chi connectivity index (χ0n) is 14.4. The van der Waals surface area contributed by atoms with E-state index >= 15 is 0 Å². The topological polar surface area (TPSA) is 77.2 Å². The van der Waals surface area contributed by atoms with Crippen LogP contribution in [0.1, 0.15) is 18.4 Å². The quantitative estimate of drug-likeness (QED) is 0.774. The van der Waals surface area contributed by atoms with Gasteiger partial charge in [-0.1, -0.05) is 23.8 Å². The molecule has 6 nitrogen and oxygen atoms in total. The second-order valence-electron chi connectivity index (χ2n) is 6.35. The monoisotopic (exact) mass is 349 g/mol. The van der Waals surface area contributed by atoms with Gasteiger partial charge < -0.3 is 14.5 Å². The molecule has 6 heteroatoms. The molecule has 2 aromatic carbocycles. The lowest BCUT2D eigenvalue weighted by molar-refractivity contribution is -0.124. The summed E-state index contributed by atoms with van der Waals surface area (Å²) >= 11 is 0. The molecule has 1 amide bonds. The molecule has 2 heterocycles. The lowest BCUT2D eigenvalue weighted by Crippen LogP contribution is -2.26. The number of hydrogen-bond donors (Lipinski definition) is 1. The highest BCUT2D eigenvalue weighted by Crippen LogP contribution is 2.26. The fourth-order valence-corrected chi connectivity index (χ4v) is 2.89. The van der Waals surface area contributed by atoms with E-state index in [1.165, 1.54) is 5.56 Å². The van der Waals surface area contributed by atoms with E-state index in [9.17, 15) is 4.79 Å². The molecule has 1 aliphatic heterocycles. The van der Waals surface area contributed by atoms with Crippen LogP contribution in [0.2, 0.25) is 0 Å². The van der Waals surface area contributed by atoms with Gasteiger partial charge in [-0.25, -0.2) is 0 Å². The highest BCUT2D eigenvalue weighted by Gasteiger charge is 2.23. The molecular formula is C20H19N3O3. The van der Waals surface area contributed by atoms with Crippen molar-refractivity contribution in [1.82, 2.24) is 10.2 Å². The molecule has 26 heavy (non-hydrogen) atoms. The van der Waals surface area contributed by atoms with Crippen molar-refractivity contribution in [2.75, 3.05) is 11.9 Å². The smallest absolute Gasteiger partial charge is 0.253 e. The van der Waals surface area contributed by atoms with Gasteiger partial charge in [0.1, 0.15) is 6.10 Å². The second-order valence-corrected chi connectivity index (χ2v) is 6.35. The van der Waals surface area contributed by atoms with Crippen LogP contribution in [-0.4, -0.2) is 28.8 Å². The molecule has 0 saturated carbocycles. The van der Waals surface area contributed by atoms with Crippen LogP contribution in [0.3, 0.4) is 0 Å². The predicted octanol–water partition coefficient (Wildman–Crippen LogP) is 3.83. The molecular weight excluding hydrogens is 330 g/mol. The fourth-order valence-electron chi connectivity index (χ4n) is 2.89. The maximum atomic E-state index is 12.2. The number of aryl methyl sites for hydroxylation is 1. The van der Waals surface area contributed by atoms with Crippen molar-refractivity contribution in [2.45, 2.75) is 25.9 Å². The van der Waals surface area contributed by atoms with Crippen LogP contribution in [0.5, 0.6) is 0 Å². The minimum Gasteiger partial charge on any atom is -0.416 e. The molecule has 0 aliphatic carbocycles. The average molecular weight is 349 g/mol. The lowest BCUT2D eigenvalue weighted by atomic mass is 10.1. The van der Waals surface area contributed by atoms with Crippen LogP contribution in [0, 0.1) is 6.92 Å². The number of rotatable bonds is 4. The Morgan fingerprint density at radius 2 is 1.85 bits per heavy atom. The molecule has 1 saturated heterocycles. The average Bonchev–Trinajstić information content (AvgIpc) is 3.35. The van der Waals surface area contributed by atoms with Crippen LogP contribution in [0.25, 0.3) is 22.9 Å². The molecule has 1 atom stereocenters. The van der Waals surface area contributed by atoms with E-state index in [0.717, 1.165) is 24.0 Å². The number of aromatic nitrogens is 2. The number of hydrogen-bond acceptors (Lipinski definition) is 5. The molecule has 1 N–H and O–H groups in total. The highest BCUT2D eigenvalue weighted by molar-refractivity contribution is 5.94.